The molecule has 0 heterocycles. The quantitative estimate of drug-likeness (QED) is 0.677. The molecule has 6 nitrogen and oxygen atoms in total. The van der Waals surface area contributed by atoms with Gasteiger partial charge in [0.25, 0.3) is 5.91 Å². The van der Waals surface area contributed by atoms with E-state index in [0.29, 0.717) is 24.3 Å². The van der Waals surface area contributed by atoms with Crippen LogP contribution in [0.5, 0.6) is 5.75 Å². The number of carbonyl (C=O) groups is 1. The Morgan fingerprint density at radius 3 is 2.21 bits per heavy atom. The molecule has 0 saturated carbocycles. The van der Waals surface area contributed by atoms with E-state index in [4.69, 9.17) is 4.74 Å². The van der Waals surface area contributed by atoms with E-state index in [0.717, 1.165) is 11.8 Å². The molecule has 2 rings (SSSR count). The second-order valence-electron chi connectivity index (χ2n) is 7.77. The number of hydrogen-bond acceptors (Lipinski definition) is 4. The van der Waals surface area contributed by atoms with E-state index in [1.54, 1.807) is 24.3 Å². The molecule has 2 aromatic rings. The van der Waals surface area contributed by atoms with Crippen LogP contribution < -0.4 is 14.4 Å². The summed E-state index contributed by atoms with van der Waals surface area (Å²) in [6.07, 6.45) is 1.73. The minimum absolute atomic E-state index is 0.175. The Hall–Kier alpha value is -2.54. The molecule has 0 bridgehead atoms. The Labute approximate surface area is 173 Å². The van der Waals surface area contributed by atoms with Crippen LogP contribution in [-0.2, 0) is 21.2 Å². The Kier molecular flexibility index (Phi) is 7.30. The van der Waals surface area contributed by atoms with Gasteiger partial charge >= 0.3 is 0 Å². The molecule has 0 aliphatic heterocycles. The van der Waals surface area contributed by atoms with Crippen molar-refractivity contribution in [3.05, 3.63) is 60.2 Å². The predicted molar refractivity (Wildman–Crippen MR) is 117 cm³/mol. The normalized spacial score (nSPS) is 12.9. The lowest BCUT2D eigenvalue weighted by Gasteiger charge is -2.29. The molecular formula is C22H30N2O4S. The highest BCUT2D eigenvalue weighted by atomic mass is 32.2. The first-order valence-electron chi connectivity index (χ1n) is 9.58. The van der Waals surface area contributed by atoms with Crippen molar-refractivity contribution in [3.8, 4) is 5.75 Å². The van der Waals surface area contributed by atoms with Crippen LogP contribution in [-0.4, -0.2) is 39.3 Å². The third-order valence-electron chi connectivity index (χ3n) is 4.59. The number of rotatable bonds is 9. The molecule has 1 N–H and O–H groups in total. The first kappa shape index (κ1) is 22.7. The van der Waals surface area contributed by atoms with Gasteiger partial charge in [-0.2, -0.15) is 0 Å². The van der Waals surface area contributed by atoms with Gasteiger partial charge in [-0.3, -0.25) is 9.10 Å². The van der Waals surface area contributed by atoms with Gasteiger partial charge in [-0.25, -0.2) is 8.42 Å². The monoisotopic (exact) mass is 418 g/mol. The number of nitrogens with zero attached hydrogens (tertiary/aromatic N) is 1. The number of benzene rings is 2. The molecule has 0 aromatic heterocycles. The number of carbonyl (C=O) groups excluding carboxylic acids is 1. The molecule has 1 atom stereocenters. The number of sulfonamides is 1. The molecule has 0 fully saturated rings. The average molecular weight is 419 g/mol. The molecule has 2 aromatic carbocycles. The summed E-state index contributed by atoms with van der Waals surface area (Å²) in [4.78, 5) is 12.8. The fourth-order valence-corrected chi connectivity index (χ4v) is 3.48. The Balaban J connectivity index is 2.02. The van der Waals surface area contributed by atoms with Crippen molar-refractivity contribution in [2.75, 3.05) is 17.6 Å². The zero-order chi connectivity index (χ0) is 21.7. The van der Waals surface area contributed by atoms with Crippen LogP contribution in [0.1, 0.15) is 32.8 Å². The minimum Gasteiger partial charge on any atom is -0.481 e. The summed E-state index contributed by atoms with van der Waals surface area (Å²) >= 11 is 0. The first-order chi connectivity index (χ1) is 13.5. The van der Waals surface area contributed by atoms with Crippen molar-refractivity contribution in [2.24, 2.45) is 0 Å². The number of ether oxygens (including phenoxy) is 1. The smallest absolute Gasteiger partial charge is 0.261 e. The van der Waals surface area contributed by atoms with Gasteiger partial charge in [0, 0.05) is 12.6 Å². The van der Waals surface area contributed by atoms with Gasteiger partial charge in [0.05, 0.1) is 11.9 Å². The summed E-state index contributed by atoms with van der Waals surface area (Å²) in [5.74, 6) is 0.337. The fraction of sp³-hybridized carbons (Fsp3) is 0.409. The van der Waals surface area contributed by atoms with Gasteiger partial charge in [0.1, 0.15) is 5.75 Å². The largest absolute Gasteiger partial charge is 0.481 e. The molecular weight excluding hydrogens is 388 g/mol. The molecule has 0 aliphatic rings. The highest BCUT2D eigenvalue weighted by Gasteiger charge is 2.26. The lowest BCUT2D eigenvalue weighted by atomic mass is 9.94. The maximum Gasteiger partial charge on any atom is 0.261 e. The van der Waals surface area contributed by atoms with Gasteiger partial charge < -0.3 is 10.1 Å². The Morgan fingerprint density at radius 2 is 1.69 bits per heavy atom. The molecule has 0 unspecified atom stereocenters. The zero-order valence-corrected chi connectivity index (χ0v) is 18.5. The van der Waals surface area contributed by atoms with Crippen LogP contribution in [0, 0.1) is 0 Å². The van der Waals surface area contributed by atoms with Crippen molar-refractivity contribution in [1.29, 1.82) is 0 Å². The van der Waals surface area contributed by atoms with E-state index >= 15 is 0 Å². The summed E-state index contributed by atoms with van der Waals surface area (Å²) in [6.45, 7) is 5.86. The van der Waals surface area contributed by atoms with Gasteiger partial charge in [-0.1, -0.05) is 37.3 Å². The van der Waals surface area contributed by atoms with E-state index in [1.165, 1.54) is 11.4 Å². The summed E-state index contributed by atoms with van der Waals surface area (Å²) in [7, 11) is -1.84. The summed E-state index contributed by atoms with van der Waals surface area (Å²) in [5.41, 5.74) is 1.26. The van der Waals surface area contributed by atoms with Gasteiger partial charge in [-0.05, 0) is 56.5 Å². The van der Waals surface area contributed by atoms with Gasteiger partial charge in [-0.15, -0.1) is 0 Å². The van der Waals surface area contributed by atoms with Crippen molar-refractivity contribution < 1.29 is 17.9 Å². The van der Waals surface area contributed by atoms with Crippen molar-refractivity contribution >= 4 is 21.6 Å². The van der Waals surface area contributed by atoms with Crippen LogP contribution in [0.4, 0.5) is 5.69 Å². The molecule has 0 radical (unpaired) electrons. The van der Waals surface area contributed by atoms with Crippen molar-refractivity contribution in [3.63, 3.8) is 0 Å². The highest BCUT2D eigenvalue weighted by Crippen LogP contribution is 2.22. The van der Waals surface area contributed by atoms with E-state index in [2.05, 4.69) is 5.32 Å². The Morgan fingerprint density at radius 1 is 1.10 bits per heavy atom. The van der Waals surface area contributed by atoms with E-state index in [-0.39, 0.29) is 5.91 Å². The SMILES string of the molecule is CC[C@@H](Oc1ccc(N(C)S(C)(=O)=O)cc1)C(=O)NC(C)(C)Cc1ccccc1. The third kappa shape index (κ3) is 6.78. The van der Waals surface area contributed by atoms with Crippen LogP contribution in [0.3, 0.4) is 0 Å². The molecule has 1 amide bonds. The van der Waals surface area contributed by atoms with Crippen molar-refractivity contribution in [2.45, 2.75) is 45.3 Å². The third-order valence-corrected chi connectivity index (χ3v) is 5.80. The number of anilines is 1. The molecule has 29 heavy (non-hydrogen) atoms. The molecule has 7 heteroatoms. The van der Waals surface area contributed by atoms with E-state index < -0.39 is 21.7 Å². The van der Waals surface area contributed by atoms with Crippen LogP contribution in [0.25, 0.3) is 0 Å². The first-order valence-corrected chi connectivity index (χ1v) is 11.4. The predicted octanol–water partition coefficient (Wildman–Crippen LogP) is 3.38. The molecule has 0 aliphatic carbocycles. The second-order valence-corrected chi connectivity index (χ2v) is 9.79. The zero-order valence-electron chi connectivity index (χ0n) is 17.7. The number of hydrogen-bond donors (Lipinski definition) is 1. The van der Waals surface area contributed by atoms with Gasteiger partial charge in [0.2, 0.25) is 10.0 Å². The van der Waals surface area contributed by atoms with Crippen LogP contribution >= 0.6 is 0 Å². The molecule has 0 saturated heterocycles. The lowest BCUT2D eigenvalue weighted by molar-refractivity contribution is -0.129. The average Bonchev–Trinajstić information content (AvgIpc) is 2.65. The summed E-state index contributed by atoms with van der Waals surface area (Å²) < 4.78 is 30.3. The number of amides is 1. The van der Waals surface area contributed by atoms with Crippen molar-refractivity contribution in [1.82, 2.24) is 5.32 Å². The summed E-state index contributed by atoms with van der Waals surface area (Å²) in [5, 5.41) is 3.07. The fourth-order valence-electron chi connectivity index (χ4n) is 2.98. The molecule has 158 valence electrons. The van der Waals surface area contributed by atoms with Crippen LogP contribution in [0.15, 0.2) is 54.6 Å². The maximum absolute atomic E-state index is 12.8. The van der Waals surface area contributed by atoms with Crippen LogP contribution in [0.2, 0.25) is 0 Å². The topological polar surface area (TPSA) is 75.7 Å². The summed E-state index contributed by atoms with van der Waals surface area (Å²) in [6, 6.07) is 16.7. The number of nitrogens with one attached hydrogen (secondary N) is 1. The maximum atomic E-state index is 12.8. The second kappa shape index (κ2) is 9.31. The lowest BCUT2D eigenvalue weighted by Crippen LogP contribution is -2.50. The minimum atomic E-state index is -3.33. The molecule has 0 spiro atoms. The highest BCUT2D eigenvalue weighted by molar-refractivity contribution is 7.92. The standard InChI is InChI=1S/C22H30N2O4S/c1-6-20(21(25)23-22(2,3)16-17-10-8-7-9-11-17)28-19-14-12-18(13-15-19)24(4)29(5,26)27/h7-15,20H,6,16H2,1-5H3,(H,23,25)/t20-/m1/s1. The Bertz CT molecular complexity index is 910. The van der Waals surface area contributed by atoms with Gasteiger partial charge in [0.15, 0.2) is 6.10 Å². The van der Waals surface area contributed by atoms with E-state index in [1.807, 2.05) is 51.1 Å². The van der Waals surface area contributed by atoms with E-state index in [9.17, 15) is 13.2 Å².